The summed E-state index contributed by atoms with van der Waals surface area (Å²) < 4.78 is 11.4. The van der Waals surface area contributed by atoms with Crippen LogP contribution in [-0.4, -0.2) is 54.4 Å². The molecule has 0 aromatic heterocycles. The first-order chi connectivity index (χ1) is 17.5. The maximum atomic E-state index is 10.5. The summed E-state index contributed by atoms with van der Waals surface area (Å²) in [6, 6.07) is 27.1. The van der Waals surface area contributed by atoms with Crippen LogP contribution < -0.4 is 25.8 Å². The Kier molecular flexibility index (Phi) is 11.2. The van der Waals surface area contributed by atoms with Crippen molar-refractivity contribution in [3.8, 4) is 11.5 Å². The van der Waals surface area contributed by atoms with Crippen LogP contribution >= 0.6 is 0 Å². The number of nitrogens with two attached hydrogens (primary N) is 1. The van der Waals surface area contributed by atoms with Crippen LogP contribution in [-0.2, 0) is 13.0 Å². The van der Waals surface area contributed by atoms with Gasteiger partial charge in [-0.15, -0.1) is 0 Å². The minimum atomic E-state index is -0.696. The molecule has 2 atom stereocenters. The van der Waals surface area contributed by atoms with Gasteiger partial charge in [-0.3, -0.25) is 10.6 Å². The van der Waals surface area contributed by atoms with Gasteiger partial charge in [0.2, 0.25) is 0 Å². The number of para-hydroxylation sites is 2. The predicted octanol–water partition coefficient (Wildman–Crippen LogP) is 2.85. The molecule has 0 unspecified atom stereocenters. The summed E-state index contributed by atoms with van der Waals surface area (Å²) >= 11 is 0. The van der Waals surface area contributed by atoms with Crippen molar-refractivity contribution in [1.82, 2.24) is 10.6 Å². The molecule has 0 heterocycles. The molecule has 0 saturated carbocycles. The second kappa shape index (κ2) is 14.6. The fourth-order valence-electron chi connectivity index (χ4n) is 3.77. The van der Waals surface area contributed by atoms with E-state index in [1.807, 2.05) is 79.7 Å². The van der Waals surface area contributed by atoms with Crippen molar-refractivity contribution in [2.75, 3.05) is 26.3 Å². The molecule has 36 heavy (non-hydrogen) atoms. The Morgan fingerprint density at radius 2 is 1.25 bits per heavy atom. The highest BCUT2D eigenvalue weighted by Gasteiger charge is 2.25. The first-order valence-electron chi connectivity index (χ1n) is 12.5. The van der Waals surface area contributed by atoms with Crippen LogP contribution in [0.3, 0.4) is 0 Å². The Morgan fingerprint density at radius 3 is 1.75 bits per heavy atom. The quantitative estimate of drug-likeness (QED) is 0.195. The Balaban J connectivity index is 1.54. The molecule has 7 heteroatoms. The Labute approximate surface area is 214 Å². The van der Waals surface area contributed by atoms with Gasteiger partial charge < -0.3 is 25.4 Å². The fraction of sp³-hybridized carbons (Fsp3) is 0.379. The van der Waals surface area contributed by atoms with E-state index in [1.54, 1.807) is 0 Å². The van der Waals surface area contributed by atoms with Gasteiger partial charge in [-0.05, 0) is 55.2 Å². The summed E-state index contributed by atoms with van der Waals surface area (Å²) in [5.74, 6) is 1.44. The number of rotatable bonds is 16. The zero-order chi connectivity index (χ0) is 25.6. The predicted molar refractivity (Wildman–Crippen MR) is 143 cm³/mol. The lowest BCUT2D eigenvalue weighted by atomic mass is 9.99. The number of aryl methyl sites for hydroxylation is 1. The number of aliphatic hydroxyl groups is 2. The number of hydrogen-bond acceptors (Lipinski definition) is 7. The molecule has 7 nitrogen and oxygen atoms in total. The number of ether oxygens (including phenoxy) is 2. The molecule has 0 amide bonds. The van der Waals surface area contributed by atoms with Crippen molar-refractivity contribution in [2.24, 2.45) is 5.73 Å². The van der Waals surface area contributed by atoms with Crippen LogP contribution in [0, 0.1) is 0 Å². The fourth-order valence-corrected chi connectivity index (χ4v) is 3.77. The van der Waals surface area contributed by atoms with Crippen molar-refractivity contribution in [3.05, 3.63) is 96.1 Å². The molecule has 3 aromatic carbocycles. The zero-order valence-electron chi connectivity index (χ0n) is 21.0. The van der Waals surface area contributed by atoms with Crippen molar-refractivity contribution < 1.29 is 19.7 Å². The van der Waals surface area contributed by atoms with Crippen molar-refractivity contribution in [1.29, 1.82) is 0 Å². The van der Waals surface area contributed by atoms with Crippen LogP contribution in [0.4, 0.5) is 0 Å². The maximum absolute atomic E-state index is 10.5. The van der Waals surface area contributed by atoms with Gasteiger partial charge in [0, 0.05) is 19.6 Å². The molecule has 0 spiro atoms. The van der Waals surface area contributed by atoms with Crippen molar-refractivity contribution >= 4 is 0 Å². The van der Waals surface area contributed by atoms with E-state index in [1.165, 1.54) is 5.56 Å². The van der Waals surface area contributed by atoms with E-state index in [4.69, 9.17) is 15.2 Å². The minimum Gasteiger partial charge on any atom is -0.491 e. The number of hydrogen-bond donors (Lipinski definition) is 5. The van der Waals surface area contributed by atoms with E-state index in [0.717, 1.165) is 29.9 Å². The normalized spacial score (nSPS) is 13.2. The molecule has 0 aliphatic heterocycles. The van der Waals surface area contributed by atoms with Crippen LogP contribution in [0.25, 0.3) is 0 Å². The lowest BCUT2D eigenvalue weighted by Gasteiger charge is -2.34. The lowest BCUT2D eigenvalue weighted by molar-refractivity contribution is 0.0772. The van der Waals surface area contributed by atoms with Crippen molar-refractivity contribution in [3.63, 3.8) is 0 Å². The largest absolute Gasteiger partial charge is 0.491 e. The molecule has 0 aliphatic carbocycles. The molecule has 0 bridgehead atoms. The number of aliphatic hydroxyl groups excluding tert-OH is 2. The second-order valence-electron chi connectivity index (χ2n) is 9.17. The molecular weight excluding hydrogens is 454 g/mol. The second-order valence-corrected chi connectivity index (χ2v) is 9.17. The van der Waals surface area contributed by atoms with Gasteiger partial charge in [0.1, 0.15) is 36.9 Å². The first-order valence-corrected chi connectivity index (χ1v) is 12.5. The third-order valence-electron chi connectivity index (χ3n) is 5.97. The number of benzene rings is 3. The number of nitrogens with one attached hydrogen (secondary N) is 2. The third-order valence-corrected chi connectivity index (χ3v) is 5.97. The van der Waals surface area contributed by atoms with Gasteiger partial charge in [-0.1, -0.05) is 60.7 Å². The average Bonchev–Trinajstić information content (AvgIpc) is 2.93. The van der Waals surface area contributed by atoms with Gasteiger partial charge in [0.25, 0.3) is 0 Å². The molecule has 0 saturated heterocycles. The van der Waals surface area contributed by atoms with Gasteiger partial charge in [0.05, 0.1) is 5.66 Å². The highest BCUT2D eigenvalue weighted by Crippen LogP contribution is 2.15. The SMILES string of the molecule is CC(CCc1cccc(CN)c1)(NC[C@@H](O)COc1ccccc1)NC[C@@H](O)COc1ccccc1. The molecule has 0 aliphatic rings. The molecule has 3 aromatic rings. The highest BCUT2D eigenvalue weighted by atomic mass is 16.5. The standard InChI is InChI=1S/C29H39N3O4/c1-29(16-15-23-9-8-10-24(17-23)18-30,31-19-25(33)21-35-27-11-4-2-5-12-27)32-20-26(34)22-36-28-13-6-3-7-14-28/h2-14,17,25-26,31-34H,15-16,18-22,30H2,1H3/t25-,26-/m1/s1. The summed E-state index contributed by atoms with van der Waals surface area (Å²) in [6.07, 6.45) is 0.147. The van der Waals surface area contributed by atoms with E-state index < -0.39 is 17.9 Å². The topological polar surface area (TPSA) is 109 Å². The summed E-state index contributed by atoms with van der Waals surface area (Å²) in [6.45, 7) is 3.56. The molecule has 6 N–H and O–H groups in total. The minimum absolute atomic E-state index is 0.180. The molecule has 0 radical (unpaired) electrons. The van der Waals surface area contributed by atoms with E-state index >= 15 is 0 Å². The summed E-state index contributed by atoms with van der Waals surface area (Å²) in [4.78, 5) is 0. The van der Waals surface area contributed by atoms with Crippen LogP contribution in [0.1, 0.15) is 24.5 Å². The summed E-state index contributed by atoms with van der Waals surface area (Å²) in [5.41, 5.74) is 7.54. The van der Waals surface area contributed by atoms with Gasteiger partial charge >= 0.3 is 0 Å². The summed E-state index contributed by atoms with van der Waals surface area (Å²) in [7, 11) is 0. The summed E-state index contributed by atoms with van der Waals surface area (Å²) in [5, 5.41) is 27.9. The third kappa shape index (κ3) is 9.97. The van der Waals surface area contributed by atoms with Crippen LogP contribution in [0.5, 0.6) is 11.5 Å². The Bertz CT molecular complexity index is 950. The van der Waals surface area contributed by atoms with E-state index in [2.05, 4.69) is 22.8 Å². The van der Waals surface area contributed by atoms with Crippen LogP contribution in [0.2, 0.25) is 0 Å². The van der Waals surface area contributed by atoms with Gasteiger partial charge in [-0.25, -0.2) is 0 Å². The molecule has 3 rings (SSSR count). The highest BCUT2D eigenvalue weighted by molar-refractivity contribution is 5.24. The monoisotopic (exact) mass is 493 g/mol. The van der Waals surface area contributed by atoms with Crippen molar-refractivity contribution in [2.45, 2.75) is 44.2 Å². The zero-order valence-corrected chi connectivity index (χ0v) is 21.0. The molecular formula is C29H39N3O4. The Hall–Kier alpha value is -2.94. The first kappa shape index (κ1) is 27.6. The Morgan fingerprint density at radius 1 is 0.750 bits per heavy atom. The van der Waals surface area contributed by atoms with E-state index in [-0.39, 0.29) is 13.2 Å². The lowest BCUT2D eigenvalue weighted by Crippen LogP contribution is -2.58. The van der Waals surface area contributed by atoms with Crippen LogP contribution in [0.15, 0.2) is 84.9 Å². The smallest absolute Gasteiger partial charge is 0.119 e. The van der Waals surface area contributed by atoms with E-state index in [0.29, 0.717) is 19.6 Å². The molecule has 194 valence electrons. The molecule has 0 fully saturated rings. The van der Waals surface area contributed by atoms with Gasteiger partial charge in [-0.2, -0.15) is 0 Å². The van der Waals surface area contributed by atoms with Gasteiger partial charge in [0.15, 0.2) is 0 Å². The average molecular weight is 494 g/mol. The van der Waals surface area contributed by atoms with E-state index in [9.17, 15) is 10.2 Å². The maximum Gasteiger partial charge on any atom is 0.119 e.